The maximum atomic E-state index is 13.8. The second-order valence-corrected chi connectivity index (χ2v) is 5.94. The number of nitrogens with two attached hydrogens (primary N) is 1. The van der Waals surface area contributed by atoms with Gasteiger partial charge in [-0.2, -0.15) is 9.97 Å². The molecule has 5 nitrogen and oxygen atoms in total. The van der Waals surface area contributed by atoms with Gasteiger partial charge in [0, 0.05) is 5.56 Å². The summed E-state index contributed by atoms with van der Waals surface area (Å²) in [6.07, 6.45) is 1.89. The third kappa shape index (κ3) is 2.81. The highest BCUT2D eigenvalue weighted by Crippen LogP contribution is 2.43. The molecule has 118 valence electrons. The molecule has 1 atom stereocenters. The number of para-hydroxylation sites is 1. The molecule has 0 spiro atoms. The number of halogens is 1. The zero-order valence-electron chi connectivity index (χ0n) is 12.9. The zero-order valence-corrected chi connectivity index (χ0v) is 13.7. The maximum absolute atomic E-state index is 13.8. The molecule has 1 aromatic carbocycles. The third-order valence-corrected chi connectivity index (χ3v) is 4.72. The van der Waals surface area contributed by atoms with Crippen LogP contribution in [-0.4, -0.2) is 30.4 Å². The number of thioether (sulfide) groups is 1. The minimum Gasteiger partial charge on any atom is -0.481 e. The minimum absolute atomic E-state index is 0.0877. The number of rotatable bonds is 5. The molecule has 2 rings (SSSR count). The van der Waals surface area contributed by atoms with Crippen LogP contribution in [0.3, 0.4) is 0 Å². The Kier molecular flexibility index (Phi) is 4.75. The average Bonchev–Trinajstić information content (AvgIpc) is 2.56. The van der Waals surface area contributed by atoms with Crippen LogP contribution in [0.2, 0.25) is 0 Å². The Hall–Kier alpha value is -2.02. The highest BCUT2D eigenvalue weighted by Gasteiger charge is 2.35. The fourth-order valence-electron chi connectivity index (χ4n) is 2.10. The number of nitrogens with zero attached hydrogens (tertiary/aromatic N) is 2. The number of hydrogen-bond acceptors (Lipinski definition) is 6. The van der Waals surface area contributed by atoms with Crippen molar-refractivity contribution in [2.45, 2.75) is 11.7 Å². The van der Waals surface area contributed by atoms with Crippen molar-refractivity contribution in [3.63, 3.8) is 0 Å². The van der Waals surface area contributed by atoms with Crippen LogP contribution in [-0.2, 0) is 4.75 Å². The summed E-state index contributed by atoms with van der Waals surface area (Å²) in [6.45, 7) is 1.89. The predicted molar refractivity (Wildman–Crippen MR) is 85.9 cm³/mol. The summed E-state index contributed by atoms with van der Waals surface area (Å²) in [5.41, 5.74) is 6.61. The average molecular weight is 323 g/mol. The number of benzene rings is 1. The van der Waals surface area contributed by atoms with E-state index < -0.39 is 10.6 Å². The van der Waals surface area contributed by atoms with E-state index in [-0.39, 0.29) is 5.69 Å². The van der Waals surface area contributed by atoms with Gasteiger partial charge in [0.25, 0.3) is 0 Å². The first-order valence-electron chi connectivity index (χ1n) is 6.53. The van der Waals surface area contributed by atoms with E-state index in [2.05, 4.69) is 9.97 Å². The second kappa shape index (κ2) is 6.39. The van der Waals surface area contributed by atoms with Crippen LogP contribution in [0, 0.1) is 5.82 Å². The van der Waals surface area contributed by atoms with Gasteiger partial charge in [0.2, 0.25) is 11.8 Å². The summed E-state index contributed by atoms with van der Waals surface area (Å²) in [6, 6.07) is 6.29. The number of aromatic nitrogens is 2. The molecule has 0 fully saturated rings. The van der Waals surface area contributed by atoms with E-state index in [4.69, 9.17) is 15.2 Å². The Morgan fingerprint density at radius 3 is 2.27 bits per heavy atom. The van der Waals surface area contributed by atoms with Gasteiger partial charge >= 0.3 is 0 Å². The first kappa shape index (κ1) is 16.4. The highest BCUT2D eigenvalue weighted by molar-refractivity contribution is 7.99. The molecular formula is C15H18FN3O2S. The van der Waals surface area contributed by atoms with Crippen LogP contribution in [0.5, 0.6) is 11.8 Å². The van der Waals surface area contributed by atoms with E-state index in [0.29, 0.717) is 23.1 Å². The molecule has 0 aliphatic carbocycles. The molecule has 0 aliphatic rings. The Morgan fingerprint density at radius 2 is 1.77 bits per heavy atom. The van der Waals surface area contributed by atoms with Gasteiger partial charge in [-0.3, -0.25) is 0 Å². The zero-order chi connectivity index (χ0) is 16.3. The molecule has 0 radical (unpaired) electrons. The van der Waals surface area contributed by atoms with E-state index in [1.807, 2.05) is 13.2 Å². The second-order valence-electron chi connectivity index (χ2n) is 4.71. The fraction of sp³-hybridized carbons (Fsp3) is 0.333. The van der Waals surface area contributed by atoms with Gasteiger partial charge in [-0.05, 0) is 19.2 Å². The van der Waals surface area contributed by atoms with Crippen LogP contribution < -0.4 is 15.2 Å². The van der Waals surface area contributed by atoms with Gasteiger partial charge in [-0.25, -0.2) is 4.39 Å². The first-order chi connectivity index (χ1) is 10.5. The molecule has 0 saturated carbocycles. The predicted octanol–water partition coefficient (Wildman–Crippen LogP) is 2.84. The molecule has 7 heteroatoms. The van der Waals surface area contributed by atoms with Gasteiger partial charge in [-0.1, -0.05) is 12.1 Å². The molecule has 1 unspecified atom stereocenters. The third-order valence-electron chi connectivity index (χ3n) is 3.50. The standard InChI is InChI=1S/C15H18FN3O2S/c1-15(22-4,9-6-5-7-10(16)13(9)17)14-18-11(20-2)8-12(19-14)21-3/h5-8H,17H2,1-4H3. The summed E-state index contributed by atoms with van der Waals surface area (Å²) in [7, 11) is 3.02. The van der Waals surface area contributed by atoms with Crippen molar-refractivity contribution in [2.24, 2.45) is 0 Å². The molecule has 0 saturated heterocycles. The van der Waals surface area contributed by atoms with Crippen molar-refractivity contribution >= 4 is 17.4 Å². The minimum atomic E-state index is -0.742. The van der Waals surface area contributed by atoms with Gasteiger partial charge in [0.1, 0.15) is 5.82 Å². The van der Waals surface area contributed by atoms with Crippen molar-refractivity contribution in [2.75, 3.05) is 26.2 Å². The molecule has 2 N–H and O–H groups in total. The van der Waals surface area contributed by atoms with E-state index >= 15 is 0 Å². The summed E-state index contributed by atoms with van der Waals surface area (Å²) in [5.74, 6) is 0.718. The number of anilines is 1. The number of nitrogen functional groups attached to an aromatic ring is 1. The van der Waals surface area contributed by atoms with E-state index in [0.717, 1.165) is 0 Å². The SMILES string of the molecule is COc1cc(OC)nc(C(C)(SC)c2cccc(F)c2N)n1. The summed E-state index contributed by atoms with van der Waals surface area (Å²) >= 11 is 1.46. The van der Waals surface area contributed by atoms with Crippen molar-refractivity contribution in [3.05, 3.63) is 41.5 Å². The molecule has 22 heavy (non-hydrogen) atoms. The number of ether oxygens (including phenoxy) is 2. The lowest BCUT2D eigenvalue weighted by molar-refractivity contribution is 0.366. The summed E-state index contributed by atoms with van der Waals surface area (Å²) in [5, 5.41) is 0. The van der Waals surface area contributed by atoms with Gasteiger partial charge in [0.05, 0.1) is 30.7 Å². The van der Waals surface area contributed by atoms with Crippen LogP contribution >= 0.6 is 11.8 Å². The lowest BCUT2D eigenvalue weighted by Crippen LogP contribution is -2.24. The topological polar surface area (TPSA) is 70.3 Å². The van der Waals surface area contributed by atoms with Crippen LogP contribution in [0.15, 0.2) is 24.3 Å². The Morgan fingerprint density at radius 1 is 1.18 bits per heavy atom. The molecule has 2 aromatic rings. The number of hydrogen-bond donors (Lipinski definition) is 1. The number of methoxy groups -OCH3 is 2. The molecule has 0 bridgehead atoms. The Labute approximate surface area is 133 Å². The molecule has 1 heterocycles. The van der Waals surface area contributed by atoms with Crippen LogP contribution in [0.1, 0.15) is 18.3 Å². The summed E-state index contributed by atoms with van der Waals surface area (Å²) in [4.78, 5) is 8.76. The van der Waals surface area contributed by atoms with Gasteiger partial charge in [-0.15, -0.1) is 11.8 Å². The van der Waals surface area contributed by atoms with Crippen molar-refractivity contribution in [1.82, 2.24) is 9.97 Å². The lowest BCUT2D eigenvalue weighted by atomic mass is 9.97. The lowest BCUT2D eigenvalue weighted by Gasteiger charge is -2.28. The Balaban J connectivity index is 2.66. The monoisotopic (exact) mass is 323 g/mol. The maximum Gasteiger partial charge on any atom is 0.220 e. The van der Waals surface area contributed by atoms with Crippen LogP contribution in [0.25, 0.3) is 0 Å². The quantitative estimate of drug-likeness (QED) is 0.853. The van der Waals surface area contributed by atoms with Crippen LogP contribution in [0.4, 0.5) is 10.1 Å². The molecular weight excluding hydrogens is 305 g/mol. The molecule has 0 amide bonds. The van der Waals surface area contributed by atoms with Gasteiger partial charge in [0.15, 0.2) is 5.82 Å². The molecule has 0 aliphatic heterocycles. The smallest absolute Gasteiger partial charge is 0.220 e. The van der Waals surface area contributed by atoms with Gasteiger partial charge < -0.3 is 15.2 Å². The van der Waals surface area contributed by atoms with Crippen molar-refractivity contribution < 1.29 is 13.9 Å². The Bertz CT molecular complexity index is 662. The van der Waals surface area contributed by atoms with E-state index in [9.17, 15) is 4.39 Å². The van der Waals surface area contributed by atoms with Crippen molar-refractivity contribution in [3.8, 4) is 11.8 Å². The highest BCUT2D eigenvalue weighted by atomic mass is 32.2. The normalized spacial score (nSPS) is 13.5. The summed E-state index contributed by atoms with van der Waals surface area (Å²) < 4.78 is 23.4. The van der Waals surface area contributed by atoms with E-state index in [1.165, 1.54) is 32.0 Å². The van der Waals surface area contributed by atoms with Crippen molar-refractivity contribution in [1.29, 1.82) is 0 Å². The molecule has 1 aromatic heterocycles. The van der Waals surface area contributed by atoms with E-state index in [1.54, 1.807) is 18.2 Å². The largest absolute Gasteiger partial charge is 0.481 e. The fourth-order valence-corrected chi connectivity index (χ4v) is 2.77. The first-order valence-corrected chi connectivity index (χ1v) is 7.76.